The number of carboxylic acids is 1. The van der Waals surface area contributed by atoms with E-state index in [4.69, 9.17) is 0 Å². The fraction of sp³-hybridized carbons (Fsp3) is 0.656. The van der Waals surface area contributed by atoms with Gasteiger partial charge < -0.3 is 5.11 Å². The van der Waals surface area contributed by atoms with E-state index in [-0.39, 0.29) is 0 Å². The van der Waals surface area contributed by atoms with Crippen molar-refractivity contribution in [3.63, 3.8) is 0 Å². The number of carbonyl (C=O) groups is 1. The van der Waals surface area contributed by atoms with Crippen LogP contribution in [0.3, 0.4) is 0 Å². The first kappa shape index (κ1) is 28.3. The van der Waals surface area contributed by atoms with Gasteiger partial charge in [-0.1, -0.05) is 121 Å². The molecule has 1 aromatic carbocycles. The lowest BCUT2D eigenvalue weighted by Gasteiger charge is -2.25. The molecule has 1 fully saturated rings. The summed E-state index contributed by atoms with van der Waals surface area (Å²) >= 11 is 0. The highest BCUT2D eigenvalue weighted by atomic mass is 16.4. The van der Waals surface area contributed by atoms with Gasteiger partial charge in [0.2, 0.25) is 0 Å². The van der Waals surface area contributed by atoms with Crippen LogP contribution in [-0.4, -0.2) is 21.0 Å². The van der Waals surface area contributed by atoms with Gasteiger partial charge in [0.05, 0.1) is 5.41 Å². The van der Waals surface area contributed by atoms with Gasteiger partial charge in [0.25, 0.3) is 0 Å². The van der Waals surface area contributed by atoms with E-state index in [2.05, 4.69) is 16.9 Å². The molecule has 0 saturated heterocycles. The van der Waals surface area contributed by atoms with E-state index < -0.39 is 11.4 Å². The zero-order chi connectivity index (χ0) is 25.6. The highest BCUT2D eigenvalue weighted by Gasteiger charge is 2.34. The lowest BCUT2D eigenvalue weighted by atomic mass is 9.78. The first-order chi connectivity index (χ1) is 17.5. The summed E-state index contributed by atoms with van der Waals surface area (Å²) in [6.45, 7) is 4.02. The number of hydrogen-bond donors (Lipinski definition) is 1. The van der Waals surface area contributed by atoms with Crippen molar-refractivity contribution in [1.29, 1.82) is 0 Å². The van der Waals surface area contributed by atoms with Crippen molar-refractivity contribution in [3.05, 3.63) is 47.8 Å². The summed E-state index contributed by atoms with van der Waals surface area (Å²) in [5.41, 5.74) is 2.13. The summed E-state index contributed by atoms with van der Waals surface area (Å²) in [7, 11) is 0. The Balaban J connectivity index is 1.40. The van der Waals surface area contributed by atoms with E-state index in [0.717, 1.165) is 49.1 Å². The van der Waals surface area contributed by atoms with Gasteiger partial charge in [-0.25, -0.2) is 9.97 Å². The fourth-order valence-corrected chi connectivity index (χ4v) is 5.67. The SMILES string of the molecule is CCCCCC[C@](C)(C(=O)O)c1ccc(-c2ncc(CCCCCCCCC3CCCC3)cn2)cc1. The van der Waals surface area contributed by atoms with Crippen molar-refractivity contribution in [2.45, 2.75) is 128 Å². The van der Waals surface area contributed by atoms with Gasteiger partial charge in [0, 0.05) is 18.0 Å². The predicted molar refractivity (Wildman–Crippen MR) is 149 cm³/mol. The van der Waals surface area contributed by atoms with Crippen LogP contribution < -0.4 is 0 Å². The molecule has 1 aromatic heterocycles. The maximum atomic E-state index is 12.1. The number of unbranched alkanes of at least 4 members (excludes halogenated alkanes) is 8. The largest absolute Gasteiger partial charge is 0.481 e. The van der Waals surface area contributed by atoms with Crippen LogP contribution in [0.2, 0.25) is 0 Å². The van der Waals surface area contributed by atoms with Crippen molar-refractivity contribution in [1.82, 2.24) is 9.97 Å². The molecule has 4 heteroatoms. The summed E-state index contributed by atoms with van der Waals surface area (Å²) in [6.07, 6.45) is 25.3. The first-order valence-electron chi connectivity index (χ1n) is 14.7. The Morgan fingerprint density at radius 1 is 0.889 bits per heavy atom. The molecule has 1 heterocycles. The van der Waals surface area contributed by atoms with Crippen LogP contribution in [0.4, 0.5) is 0 Å². The molecule has 1 aliphatic carbocycles. The lowest BCUT2D eigenvalue weighted by molar-refractivity contribution is -0.143. The third-order valence-electron chi connectivity index (χ3n) is 8.29. The molecule has 4 nitrogen and oxygen atoms in total. The zero-order valence-electron chi connectivity index (χ0n) is 22.8. The van der Waals surface area contributed by atoms with Crippen LogP contribution >= 0.6 is 0 Å². The number of aliphatic carboxylic acids is 1. The Bertz CT molecular complexity index is 887. The first-order valence-corrected chi connectivity index (χ1v) is 14.7. The summed E-state index contributed by atoms with van der Waals surface area (Å²) in [4.78, 5) is 21.3. The summed E-state index contributed by atoms with van der Waals surface area (Å²) in [5, 5.41) is 9.92. The number of rotatable bonds is 17. The van der Waals surface area contributed by atoms with E-state index in [0.29, 0.717) is 12.2 Å². The normalized spacial score (nSPS) is 15.7. The molecule has 3 rings (SSSR count). The molecule has 36 heavy (non-hydrogen) atoms. The third-order valence-corrected chi connectivity index (χ3v) is 8.29. The van der Waals surface area contributed by atoms with E-state index in [1.54, 1.807) is 0 Å². The fourth-order valence-electron chi connectivity index (χ4n) is 5.67. The van der Waals surface area contributed by atoms with Crippen LogP contribution in [0.1, 0.15) is 128 Å². The predicted octanol–water partition coefficient (Wildman–Crippen LogP) is 8.92. The molecule has 1 atom stereocenters. The number of hydrogen-bond acceptors (Lipinski definition) is 3. The average Bonchev–Trinajstić information content (AvgIpc) is 3.42. The Labute approximate surface area is 219 Å². The molecule has 1 saturated carbocycles. The van der Waals surface area contributed by atoms with Crippen LogP contribution in [0, 0.1) is 5.92 Å². The Kier molecular flexibility index (Phi) is 11.9. The van der Waals surface area contributed by atoms with Gasteiger partial charge in [-0.15, -0.1) is 0 Å². The van der Waals surface area contributed by atoms with Gasteiger partial charge in [-0.3, -0.25) is 4.79 Å². The number of carboxylic acid groups (broad SMARTS) is 1. The topological polar surface area (TPSA) is 63.1 Å². The molecule has 1 aliphatic rings. The minimum absolute atomic E-state index is 0.660. The number of benzene rings is 1. The number of aromatic nitrogens is 2. The maximum Gasteiger partial charge on any atom is 0.313 e. The monoisotopic (exact) mass is 492 g/mol. The second-order valence-corrected chi connectivity index (χ2v) is 11.3. The minimum atomic E-state index is -0.854. The highest BCUT2D eigenvalue weighted by molar-refractivity contribution is 5.81. The molecule has 0 amide bonds. The van der Waals surface area contributed by atoms with Crippen LogP contribution in [0.25, 0.3) is 11.4 Å². The smallest absolute Gasteiger partial charge is 0.313 e. The third kappa shape index (κ3) is 8.71. The lowest BCUT2D eigenvalue weighted by Crippen LogP contribution is -2.32. The average molecular weight is 493 g/mol. The molecule has 0 aliphatic heterocycles. The van der Waals surface area contributed by atoms with Crippen molar-refractivity contribution in [2.75, 3.05) is 0 Å². The molecule has 0 unspecified atom stereocenters. The van der Waals surface area contributed by atoms with Crippen molar-refractivity contribution < 1.29 is 9.90 Å². The Morgan fingerprint density at radius 2 is 1.50 bits per heavy atom. The molecular weight excluding hydrogens is 444 g/mol. The molecule has 0 bridgehead atoms. The number of aryl methyl sites for hydroxylation is 1. The van der Waals surface area contributed by atoms with Gasteiger partial charge in [0.15, 0.2) is 5.82 Å². The molecule has 2 aromatic rings. The molecular formula is C32H48N2O2. The highest BCUT2D eigenvalue weighted by Crippen LogP contribution is 2.32. The summed E-state index contributed by atoms with van der Waals surface area (Å²) < 4.78 is 0. The van der Waals surface area contributed by atoms with E-state index in [1.165, 1.54) is 76.2 Å². The van der Waals surface area contributed by atoms with Gasteiger partial charge in [-0.2, -0.15) is 0 Å². The van der Waals surface area contributed by atoms with E-state index in [1.807, 2.05) is 43.6 Å². The van der Waals surface area contributed by atoms with Crippen molar-refractivity contribution >= 4 is 5.97 Å². The quantitative estimate of drug-likeness (QED) is 0.224. The van der Waals surface area contributed by atoms with E-state index in [9.17, 15) is 9.90 Å². The maximum absolute atomic E-state index is 12.1. The Morgan fingerprint density at radius 3 is 2.14 bits per heavy atom. The van der Waals surface area contributed by atoms with Crippen molar-refractivity contribution in [3.8, 4) is 11.4 Å². The molecule has 1 N–H and O–H groups in total. The minimum Gasteiger partial charge on any atom is -0.481 e. The van der Waals surface area contributed by atoms with E-state index >= 15 is 0 Å². The van der Waals surface area contributed by atoms with Gasteiger partial charge in [-0.05, 0) is 43.2 Å². The Hall–Kier alpha value is -2.23. The number of nitrogens with zero attached hydrogens (tertiary/aromatic N) is 2. The van der Waals surface area contributed by atoms with Gasteiger partial charge >= 0.3 is 5.97 Å². The van der Waals surface area contributed by atoms with Crippen molar-refractivity contribution in [2.24, 2.45) is 5.92 Å². The molecule has 198 valence electrons. The second kappa shape index (κ2) is 15.1. The standard InChI is InChI=1S/C32H48N2O2/c1-3-4-5-14-23-32(2,31(35)36)29-21-19-28(20-22-29)30-33-24-27(25-34-30)18-11-9-7-6-8-10-15-26-16-12-13-17-26/h19-22,24-26H,3-18,23H2,1-2H3,(H,35,36)/t32-/m0/s1. The van der Waals surface area contributed by atoms with Crippen LogP contribution in [-0.2, 0) is 16.6 Å². The second-order valence-electron chi connectivity index (χ2n) is 11.3. The molecule has 0 spiro atoms. The van der Waals surface area contributed by atoms with Crippen LogP contribution in [0.15, 0.2) is 36.7 Å². The zero-order valence-corrected chi connectivity index (χ0v) is 22.8. The summed E-state index contributed by atoms with van der Waals surface area (Å²) in [5.74, 6) is 0.986. The summed E-state index contributed by atoms with van der Waals surface area (Å²) in [6, 6.07) is 7.80. The van der Waals surface area contributed by atoms with Crippen LogP contribution in [0.5, 0.6) is 0 Å². The van der Waals surface area contributed by atoms with Gasteiger partial charge in [0.1, 0.15) is 0 Å². The molecule has 0 radical (unpaired) electrons.